The van der Waals surface area contributed by atoms with Crippen molar-refractivity contribution in [3.05, 3.63) is 42.4 Å². The van der Waals surface area contributed by atoms with Gasteiger partial charge in [0, 0.05) is 17.0 Å². The first-order chi connectivity index (χ1) is 11.7. The maximum Gasteiger partial charge on any atom is 0.307 e. The van der Waals surface area contributed by atoms with Crippen molar-refractivity contribution >= 4 is 17.7 Å². The van der Waals surface area contributed by atoms with Gasteiger partial charge in [-0.25, -0.2) is 4.98 Å². The summed E-state index contributed by atoms with van der Waals surface area (Å²) in [5.41, 5.74) is 0. The van der Waals surface area contributed by atoms with E-state index in [2.05, 4.69) is 22.1 Å². The highest BCUT2D eigenvalue weighted by Crippen LogP contribution is 2.32. The van der Waals surface area contributed by atoms with Gasteiger partial charge in [-0.2, -0.15) is 0 Å². The summed E-state index contributed by atoms with van der Waals surface area (Å²) in [5, 5.41) is 3.78. The molecule has 1 amide bonds. The molecular formula is C18H21N3O2S. The van der Waals surface area contributed by atoms with Gasteiger partial charge in [0.25, 0.3) is 5.89 Å². The van der Waals surface area contributed by atoms with Gasteiger partial charge in [0.15, 0.2) is 5.09 Å². The van der Waals surface area contributed by atoms with Crippen LogP contribution in [0.2, 0.25) is 0 Å². The number of oxazole rings is 1. The van der Waals surface area contributed by atoms with E-state index in [-0.39, 0.29) is 17.8 Å². The summed E-state index contributed by atoms with van der Waals surface area (Å²) in [6.07, 6.45) is 3.94. The maximum atomic E-state index is 12.5. The Morgan fingerprint density at radius 1 is 1.29 bits per heavy atom. The van der Waals surface area contributed by atoms with E-state index in [1.807, 2.05) is 30.3 Å². The largest absolute Gasteiger partial charge is 0.425 e. The van der Waals surface area contributed by atoms with Crippen LogP contribution in [-0.2, 0) is 0 Å². The van der Waals surface area contributed by atoms with E-state index >= 15 is 0 Å². The summed E-state index contributed by atoms with van der Waals surface area (Å²) in [6, 6.07) is 10.5. The maximum absolute atomic E-state index is 12.5. The highest BCUT2D eigenvalue weighted by atomic mass is 32.2. The summed E-state index contributed by atoms with van der Waals surface area (Å²) in [7, 11) is 0. The fourth-order valence-corrected chi connectivity index (χ4v) is 4.53. The van der Waals surface area contributed by atoms with Crippen LogP contribution in [0.25, 0.3) is 0 Å². The van der Waals surface area contributed by atoms with Gasteiger partial charge in [0.2, 0.25) is 0 Å². The average molecular weight is 343 g/mol. The minimum atomic E-state index is -0.208. The second-order valence-electron chi connectivity index (χ2n) is 6.51. The summed E-state index contributed by atoms with van der Waals surface area (Å²) in [4.78, 5) is 20.2. The Bertz CT molecular complexity index is 708. The van der Waals surface area contributed by atoms with Gasteiger partial charge in [-0.1, -0.05) is 30.0 Å². The first-order valence-corrected chi connectivity index (χ1v) is 9.26. The lowest BCUT2D eigenvalue weighted by Crippen LogP contribution is -2.62. The third-order valence-corrected chi connectivity index (χ3v) is 6.01. The molecule has 1 N–H and O–H groups in total. The zero-order chi connectivity index (χ0) is 16.5. The number of fused-ring (bicyclic) bond motifs is 3. The summed E-state index contributed by atoms with van der Waals surface area (Å²) >= 11 is 1.47. The van der Waals surface area contributed by atoms with Crippen LogP contribution in [0.4, 0.5) is 0 Å². The predicted molar refractivity (Wildman–Crippen MR) is 92.1 cm³/mol. The smallest absolute Gasteiger partial charge is 0.307 e. The van der Waals surface area contributed by atoms with Crippen molar-refractivity contribution in [1.82, 2.24) is 15.2 Å². The number of nitrogens with one attached hydrogen (secondary N) is 1. The highest BCUT2D eigenvalue weighted by Gasteiger charge is 2.40. The van der Waals surface area contributed by atoms with Crippen molar-refractivity contribution in [2.45, 2.75) is 41.8 Å². The first-order valence-electron chi connectivity index (χ1n) is 8.44. The molecule has 126 valence electrons. The predicted octanol–water partition coefficient (Wildman–Crippen LogP) is 3.04. The number of amides is 1. The number of carbonyl (C=O) groups excluding carboxylic acids is 1. The Labute approximate surface area is 145 Å². The molecule has 3 fully saturated rings. The van der Waals surface area contributed by atoms with E-state index in [4.69, 9.17) is 4.42 Å². The van der Waals surface area contributed by atoms with Crippen LogP contribution in [0.3, 0.4) is 0 Å². The molecule has 3 aliphatic heterocycles. The number of hydrogen-bond donors (Lipinski definition) is 1. The van der Waals surface area contributed by atoms with Crippen LogP contribution in [0, 0.1) is 5.92 Å². The number of rotatable bonds is 4. The summed E-state index contributed by atoms with van der Waals surface area (Å²) < 4.78 is 5.63. The third kappa shape index (κ3) is 3.08. The lowest BCUT2D eigenvalue weighted by Gasteiger charge is -2.49. The average Bonchev–Trinajstić information content (AvgIpc) is 3.08. The fourth-order valence-electron chi connectivity index (χ4n) is 3.77. The molecule has 5 rings (SSSR count). The van der Waals surface area contributed by atoms with Gasteiger partial charge in [0.05, 0.1) is 6.20 Å². The van der Waals surface area contributed by atoms with Crippen LogP contribution >= 0.6 is 11.8 Å². The van der Waals surface area contributed by atoms with Gasteiger partial charge in [0.1, 0.15) is 0 Å². The van der Waals surface area contributed by atoms with Crippen molar-refractivity contribution in [2.75, 3.05) is 13.1 Å². The van der Waals surface area contributed by atoms with Crippen LogP contribution in [0.1, 0.15) is 30.5 Å². The number of carbonyl (C=O) groups is 1. The van der Waals surface area contributed by atoms with Crippen LogP contribution in [0.15, 0.2) is 50.9 Å². The molecule has 2 aromatic rings. The summed E-state index contributed by atoms with van der Waals surface area (Å²) in [5.74, 6) is 0.514. The lowest BCUT2D eigenvalue weighted by atomic mass is 9.79. The molecular weight excluding hydrogens is 322 g/mol. The zero-order valence-corrected chi connectivity index (χ0v) is 14.5. The van der Waals surface area contributed by atoms with E-state index in [0.29, 0.717) is 17.1 Å². The fraction of sp³-hybridized carbons (Fsp3) is 0.444. The third-order valence-electron chi connectivity index (χ3n) is 5.12. The highest BCUT2D eigenvalue weighted by molar-refractivity contribution is 7.99. The van der Waals surface area contributed by atoms with E-state index < -0.39 is 0 Å². The topological polar surface area (TPSA) is 58.4 Å². The molecule has 2 atom stereocenters. The van der Waals surface area contributed by atoms with Gasteiger partial charge in [-0.05, 0) is 50.9 Å². The minimum absolute atomic E-state index is 0.150. The second-order valence-corrected chi connectivity index (χ2v) is 7.59. The van der Waals surface area contributed by atoms with Crippen molar-refractivity contribution < 1.29 is 9.21 Å². The van der Waals surface area contributed by atoms with Gasteiger partial charge in [-0.15, -0.1) is 0 Å². The van der Waals surface area contributed by atoms with E-state index in [9.17, 15) is 4.79 Å². The SMILES string of the molecule is CC1C(NC(=O)c2ncc(Sc3ccccc3)o2)C2CCN1CC2. The Morgan fingerprint density at radius 3 is 2.75 bits per heavy atom. The summed E-state index contributed by atoms with van der Waals surface area (Å²) in [6.45, 7) is 4.49. The molecule has 4 heterocycles. The zero-order valence-electron chi connectivity index (χ0n) is 13.6. The Balaban J connectivity index is 1.42. The molecule has 2 bridgehead atoms. The van der Waals surface area contributed by atoms with Crippen molar-refractivity contribution in [2.24, 2.45) is 5.92 Å². The van der Waals surface area contributed by atoms with E-state index in [0.717, 1.165) is 30.8 Å². The molecule has 24 heavy (non-hydrogen) atoms. The number of nitrogens with zero attached hydrogens (tertiary/aromatic N) is 2. The molecule has 0 radical (unpaired) electrons. The van der Waals surface area contributed by atoms with Gasteiger partial charge >= 0.3 is 5.91 Å². The van der Waals surface area contributed by atoms with Crippen LogP contribution < -0.4 is 5.32 Å². The van der Waals surface area contributed by atoms with Crippen LogP contribution in [0.5, 0.6) is 0 Å². The molecule has 3 aliphatic rings. The first kappa shape index (κ1) is 15.7. The lowest BCUT2D eigenvalue weighted by molar-refractivity contribution is 0.0209. The van der Waals surface area contributed by atoms with Crippen molar-refractivity contribution in [3.63, 3.8) is 0 Å². The minimum Gasteiger partial charge on any atom is -0.425 e. The number of aromatic nitrogens is 1. The number of hydrogen-bond acceptors (Lipinski definition) is 5. The van der Waals surface area contributed by atoms with Crippen molar-refractivity contribution in [1.29, 1.82) is 0 Å². The van der Waals surface area contributed by atoms with Crippen molar-refractivity contribution in [3.8, 4) is 0 Å². The number of piperidine rings is 3. The number of benzene rings is 1. The Hall–Kier alpha value is -1.79. The Morgan fingerprint density at radius 2 is 2.04 bits per heavy atom. The molecule has 2 unspecified atom stereocenters. The monoisotopic (exact) mass is 343 g/mol. The molecule has 5 nitrogen and oxygen atoms in total. The van der Waals surface area contributed by atoms with Crippen LogP contribution in [-0.4, -0.2) is 41.0 Å². The molecule has 1 aromatic heterocycles. The normalized spacial score (nSPS) is 28.7. The van der Waals surface area contributed by atoms with E-state index in [1.165, 1.54) is 11.8 Å². The molecule has 0 saturated carbocycles. The molecule has 3 saturated heterocycles. The van der Waals surface area contributed by atoms with E-state index in [1.54, 1.807) is 6.20 Å². The molecule has 0 spiro atoms. The Kier molecular flexibility index (Phi) is 4.33. The molecule has 0 aliphatic carbocycles. The second kappa shape index (κ2) is 6.61. The molecule has 1 aromatic carbocycles. The molecule has 6 heteroatoms. The van der Waals surface area contributed by atoms with Gasteiger partial charge < -0.3 is 9.73 Å². The van der Waals surface area contributed by atoms with Gasteiger partial charge in [-0.3, -0.25) is 9.69 Å². The standard InChI is InChI=1S/C18H21N3O2S/c1-12-16(13-7-9-21(12)10-8-13)20-17(22)18-19-11-15(23-18)24-14-5-3-2-4-6-14/h2-6,11-13,16H,7-10H2,1H3,(H,20,22). The quantitative estimate of drug-likeness (QED) is 0.925.